The topological polar surface area (TPSA) is 131 Å². The fourth-order valence-electron chi connectivity index (χ4n) is 4.88. The van der Waals surface area contributed by atoms with Crippen LogP contribution in [0.5, 0.6) is 0 Å². The maximum atomic E-state index is 13.3. The molecule has 0 spiro atoms. The van der Waals surface area contributed by atoms with E-state index in [9.17, 15) is 14.4 Å². The average Bonchev–Trinajstić information content (AvgIpc) is 3.59. The van der Waals surface area contributed by atoms with Crippen molar-refractivity contribution in [3.05, 3.63) is 70.3 Å². The highest BCUT2D eigenvalue weighted by Crippen LogP contribution is 2.20. The number of imidazole rings is 1. The van der Waals surface area contributed by atoms with Crippen molar-refractivity contribution < 1.29 is 9.59 Å². The molecule has 1 aliphatic rings. The van der Waals surface area contributed by atoms with Gasteiger partial charge in [0.05, 0.1) is 17.6 Å². The van der Waals surface area contributed by atoms with Gasteiger partial charge in [-0.05, 0) is 51.5 Å². The predicted molar refractivity (Wildman–Crippen MR) is 144 cm³/mol. The summed E-state index contributed by atoms with van der Waals surface area (Å²) in [6, 6.07) is 12.6. The number of rotatable bonds is 7. The second-order valence-electron chi connectivity index (χ2n) is 9.14. The molecular formula is C26H31N9O3. The molecule has 0 saturated carbocycles. The van der Waals surface area contributed by atoms with E-state index >= 15 is 0 Å². The van der Waals surface area contributed by atoms with Crippen LogP contribution < -0.4 is 26.4 Å². The third kappa shape index (κ3) is 4.72. The van der Waals surface area contributed by atoms with Gasteiger partial charge in [-0.3, -0.25) is 19.6 Å². The predicted octanol–water partition coefficient (Wildman–Crippen LogP) is 2.16. The van der Waals surface area contributed by atoms with Gasteiger partial charge in [-0.2, -0.15) is 0 Å². The molecule has 0 aliphatic carbocycles. The molecule has 198 valence electrons. The van der Waals surface area contributed by atoms with Crippen LogP contribution in [0.2, 0.25) is 0 Å². The second kappa shape index (κ2) is 10.4. The normalized spacial score (nSPS) is 15.1. The van der Waals surface area contributed by atoms with Crippen molar-refractivity contribution >= 4 is 29.2 Å². The largest absolute Gasteiger partial charge is 0.353 e. The molecule has 1 aliphatic heterocycles. The van der Waals surface area contributed by atoms with Gasteiger partial charge >= 0.3 is 6.03 Å². The van der Waals surface area contributed by atoms with Gasteiger partial charge in [0.1, 0.15) is 11.4 Å². The van der Waals surface area contributed by atoms with Crippen LogP contribution in [0, 0.1) is 6.92 Å². The molecule has 1 atom stereocenters. The molecule has 3 amide bonds. The van der Waals surface area contributed by atoms with Gasteiger partial charge in [-0.15, -0.1) is 5.10 Å². The Kier molecular flexibility index (Phi) is 6.86. The first-order chi connectivity index (χ1) is 18.4. The Labute approximate surface area is 219 Å². The molecular weight excluding hydrogens is 486 g/mol. The number of carbonyl (C=O) groups excluding carboxylic acids is 2. The van der Waals surface area contributed by atoms with Crippen LogP contribution >= 0.6 is 0 Å². The number of anilines is 2. The smallest absolute Gasteiger partial charge is 0.320 e. The molecule has 5 rings (SSSR count). The van der Waals surface area contributed by atoms with Gasteiger partial charge in [0.15, 0.2) is 11.5 Å². The summed E-state index contributed by atoms with van der Waals surface area (Å²) in [4.78, 5) is 44.8. The monoisotopic (exact) mass is 517 g/mol. The maximum absolute atomic E-state index is 13.3. The molecule has 1 saturated heterocycles. The van der Waals surface area contributed by atoms with Crippen LogP contribution in [-0.2, 0) is 6.54 Å². The molecule has 0 radical (unpaired) electrons. The first kappa shape index (κ1) is 25.1. The van der Waals surface area contributed by atoms with Crippen molar-refractivity contribution in [3.8, 4) is 5.69 Å². The zero-order chi connectivity index (χ0) is 26.8. The number of nitrogens with zero attached hydrogens (tertiary/aromatic N) is 6. The van der Waals surface area contributed by atoms with Crippen molar-refractivity contribution in [2.45, 2.75) is 39.8 Å². The Morgan fingerprint density at radius 3 is 2.63 bits per heavy atom. The van der Waals surface area contributed by atoms with E-state index < -0.39 is 0 Å². The van der Waals surface area contributed by atoms with E-state index in [1.54, 1.807) is 22.3 Å². The highest BCUT2D eigenvalue weighted by atomic mass is 16.2. The number of hydrogen-bond acceptors (Lipinski definition) is 6. The molecule has 3 N–H and O–H groups in total. The number of amides is 3. The fraction of sp³-hybridized carbons (Fsp3) is 0.346. The van der Waals surface area contributed by atoms with Crippen LogP contribution in [0.25, 0.3) is 11.3 Å². The Hall–Kier alpha value is -4.61. The minimum absolute atomic E-state index is 0.133. The number of nitrogens with one attached hydrogen (secondary N) is 3. The van der Waals surface area contributed by atoms with Crippen molar-refractivity contribution in [3.63, 3.8) is 0 Å². The van der Waals surface area contributed by atoms with E-state index in [4.69, 9.17) is 0 Å². The fourth-order valence-corrected chi connectivity index (χ4v) is 4.88. The van der Waals surface area contributed by atoms with Gasteiger partial charge < -0.3 is 15.5 Å². The van der Waals surface area contributed by atoms with Crippen LogP contribution in [-0.4, -0.2) is 61.6 Å². The highest BCUT2D eigenvalue weighted by molar-refractivity contribution is 5.95. The van der Waals surface area contributed by atoms with Crippen LogP contribution in [0.1, 0.15) is 36.3 Å². The molecule has 38 heavy (non-hydrogen) atoms. The number of fused-ring (bicyclic) bond motifs is 1. The lowest BCUT2D eigenvalue weighted by Crippen LogP contribution is -2.39. The molecule has 3 aromatic heterocycles. The average molecular weight is 518 g/mol. The van der Waals surface area contributed by atoms with Crippen molar-refractivity contribution in [1.29, 1.82) is 0 Å². The molecule has 12 heteroatoms. The Bertz CT molecular complexity index is 1540. The minimum Gasteiger partial charge on any atom is -0.353 e. The van der Waals surface area contributed by atoms with Gasteiger partial charge in [-0.25, -0.2) is 19.0 Å². The van der Waals surface area contributed by atoms with Crippen molar-refractivity contribution in [2.24, 2.45) is 0 Å². The summed E-state index contributed by atoms with van der Waals surface area (Å²) >= 11 is 0. The molecule has 1 aromatic carbocycles. The summed E-state index contributed by atoms with van der Waals surface area (Å²) in [5, 5.41) is 13.0. The van der Waals surface area contributed by atoms with Crippen LogP contribution in [0.3, 0.4) is 0 Å². The minimum atomic E-state index is -0.365. The maximum Gasteiger partial charge on any atom is 0.320 e. The Morgan fingerprint density at radius 2 is 1.89 bits per heavy atom. The lowest BCUT2D eigenvalue weighted by atomic mass is 10.2. The zero-order valence-electron chi connectivity index (χ0n) is 21.6. The Morgan fingerprint density at radius 1 is 1.11 bits per heavy atom. The van der Waals surface area contributed by atoms with Gasteiger partial charge in [0.25, 0.3) is 11.5 Å². The van der Waals surface area contributed by atoms with E-state index in [1.807, 2.05) is 61.0 Å². The highest BCUT2D eigenvalue weighted by Gasteiger charge is 2.29. The van der Waals surface area contributed by atoms with Gasteiger partial charge in [0.2, 0.25) is 0 Å². The van der Waals surface area contributed by atoms with E-state index in [2.05, 4.69) is 30.9 Å². The number of carbonyl (C=O) groups is 2. The number of aromatic nitrogens is 5. The standard InChI is InChI=1S/C26H31N9O3/c1-4-27-26(38)30-20-16-33-21(29-20)11-12-22(31-33)32-14-13-18(15-32)28-24(36)23-17(3)34(5-2)35(25(23)37)19-9-7-6-8-10-19/h6-12,16,18H,4-5,13-15H2,1-3H3,(H,28,36)(H2,27,30,38)/t18-/m0/s1. The summed E-state index contributed by atoms with van der Waals surface area (Å²) in [5.74, 6) is 0.772. The third-order valence-corrected chi connectivity index (χ3v) is 6.66. The Balaban J connectivity index is 1.30. The summed E-state index contributed by atoms with van der Waals surface area (Å²) in [6.07, 6.45) is 2.38. The molecule has 0 unspecified atom stereocenters. The van der Waals surface area contributed by atoms with Gasteiger partial charge in [-0.1, -0.05) is 18.2 Å². The quantitative estimate of drug-likeness (QED) is 0.344. The number of para-hydroxylation sites is 1. The molecule has 4 heterocycles. The van der Waals surface area contributed by atoms with E-state index in [0.717, 1.165) is 17.9 Å². The molecule has 12 nitrogen and oxygen atoms in total. The van der Waals surface area contributed by atoms with Crippen molar-refractivity contribution in [2.75, 3.05) is 29.9 Å². The van der Waals surface area contributed by atoms with Crippen molar-refractivity contribution in [1.82, 2.24) is 34.6 Å². The summed E-state index contributed by atoms with van der Waals surface area (Å²) in [5.41, 5.74) is 1.80. The number of hydrogen-bond donors (Lipinski definition) is 3. The van der Waals surface area contributed by atoms with E-state index in [0.29, 0.717) is 43.3 Å². The lowest BCUT2D eigenvalue weighted by molar-refractivity contribution is 0.0938. The van der Waals surface area contributed by atoms with Gasteiger partial charge in [0, 0.05) is 32.2 Å². The number of benzene rings is 1. The lowest BCUT2D eigenvalue weighted by Gasteiger charge is -2.17. The summed E-state index contributed by atoms with van der Waals surface area (Å²) < 4.78 is 5.00. The summed E-state index contributed by atoms with van der Waals surface area (Å²) in [6.45, 7) is 7.93. The first-order valence-corrected chi connectivity index (χ1v) is 12.7. The number of urea groups is 1. The second-order valence-corrected chi connectivity index (χ2v) is 9.14. The van der Waals surface area contributed by atoms with E-state index in [-0.39, 0.29) is 29.1 Å². The molecule has 4 aromatic rings. The summed E-state index contributed by atoms with van der Waals surface area (Å²) in [7, 11) is 0. The molecule has 0 bridgehead atoms. The molecule has 1 fully saturated rings. The van der Waals surface area contributed by atoms with Crippen LogP contribution in [0.15, 0.2) is 53.5 Å². The van der Waals surface area contributed by atoms with E-state index in [1.165, 1.54) is 0 Å². The zero-order valence-corrected chi connectivity index (χ0v) is 21.6. The third-order valence-electron chi connectivity index (χ3n) is 6.66. The van der Waals surface area contributed by atoms with Crippen LogP contribution in [0.4, 0.5) is 16.4 Å². The first-order valence-electron chi connectivity index (χ1n) is 12.7. The SMILES string of the molecule is CCNC(=O)Nc1cn2nc(N3CC[C@H](NC(=O)c4c(C)n(CC)n(-c5ccccc5)c4=O)C3)ccc2n1.